The molecule has 2 aromatic rings. The fraction of sp³-hybridized carbons (Fsp3) is 0.294. The van der Waals surface area contributed by atoms with Gasteiger partial charge in [-0.15, -0.1) is 0 Å². The summed E-state index contributed by atoms with van der Waals surface area (Å²) in [6, 6.07) is 13.3. The molecule has 0 saturated carbocycles. The molecule has 0 bridgehead atoms. The van der Waals surface area contributed by atoms with E-state index in [0.29, 0.717) is 5.56 Å². The second-order valence-corrected chi connectivity index (χ2v) is 4.65. The van der Waals surface area contributed by atoms with Gasteiger partial charge in [0.2, 0.25) is 0 Å². The molecule has 5 heteroatoms. The largest absolute Gasteiger partial charge is 0.463 e. The van der Waals surface area contributed by atoms with Gasteiger partial charge in [-0.05, 0) is 22.9 Å². The van der Waals surface area contributed by atoms with Gasteiger partial charge in [-0.2, -0.15) is 0 Å². The Labute approximate surface area is 128 Å². The Balaban J connectivity index is 1.73. The zero-order valence-electron chi connectivity index (χ0n) is 12.4. The average Bonchev–Trinajstić information content (AvgIpc) is 2.53. The van der Waals surface area contributed by atoms with Gasteiger partial charge >= 0.3 is 11.9 Å². The Morgan fingerprint density at radius 2 is 1.55 bits per heavy atom. The van der Waals surface area contributed by atoms with Crippen molar-refractivity contribution in [3.05, 3.63) is 48.0 Å². The summed E-state index contributed by atoms with van der Waals surface area (Å²) in [7, 11) is 0. The van der Waals surface area contributed by atoms with Crippen LogP contribution in [0, 0.1) is 0 Å². The first-order valence-corrected chi connectivity index (χ1v) is 7.04. The lowest BCUT2D eigenvalue weighted by Gasteiger charge is -2.07. The van der Waals surface area contributed by atoms with Crippen molar-refractivity contribution < 1.29 is 23.8 Å². The normalized spacial score (nSPS) is 10.4. The van der Waals surface area contributed by atoms with Gasteiger partial charge in [-0.3, -0.25) is 4.79 Å². The van der Waals surface area contributed by atoms with Crippen LogP contribution in [0.5, 0.6) is 0 Å². The van der Waals surface area contributed by atoms with Crippen LogP contribution in [0.15, 0.2) is 42.5 Å². The molecule has 0 amide bonds. The fourth-order valence-electron chi connectivity index (χ4n) is 1.94. The molecule has 0 N–H and O–H groups in total. The highest BCUT2D eigenvalue weighted by atomic mass is 16.6. The molecular formula is C17H18O5. The highest BCUT2D eigenvalue weighted by Gasteiger charge is 2.07. The quantitative estimate of drug-likeness (QED) is 0.581. The molecule has 116 valence electrons. The second kappa shape index (κ2) is 8.14. The minimum absolute atomic E-state index is 0.158. The Kier molecular flexibility index (Phi) is 5.91. The first-order valence-electron chi connectivity index (χ1n) is 7.04. The average molecular weight is 302 g/mol. The van der Waals surface area contributed by atoms with Crippen molar-refractivity contribution in [1.29, 1.82) is 0 Å². The molecule has 0 fully saturated rings. The minimum Gasteiger partial charge on any atom is -0.463 e. The lowest BCUT2D eigenvalue weighted by molar-refractivity contribution is -0.142. The fourth-order valence-corrected chi connectivity index (χ4v) is 1.94. The molecule has 0 saturated heterocycles. The lowest BCUT2D eigenvalue weighted by Crippen LogP contribution is -2.13. The molecule has 0 heterocycles. The second-order valence-electron chi connectivity index (χ2n) is 4.65. The standard InChI is InChI=1S/C17H18O5/c1-13(18)21-10-8-20-9-11-22-17(19)16-7-6-14-4-2-3-5-15(14)12-16/h2-7,12H,8-11H2,1H3. The zero-order chi connectivity index (χ0) is 15.8. The highest BCUT2D eigenvalue weighted by molar-refractivity contribution is 5.95. The lowest BCUT2D eigenvalue weighted by atomic mass is 10.1. The molecule has 0 unspecified atom stereocenters. The van der Waals surface area contributed by atoms with Crippen LogP contribution in [0.1, 0.15) is 17.3 Å². The number of hydrogen-bond donors (Lipinski definition) is 0. The third-order valence-electron chi connectivity index (χ3n) is 2.98. The van der Waals surface area contributed by atoms with E-state index < -0.39 is 0 Å². The summed E-state index contributed by atoms with van der Waals surface area (Å²) in [5, 5.41) is 2.07. The molecule has 0 atom stereocenters. The van der Waals surface area contributed by atoms with Gasteiger partial charge in [0.15, 0.2) is 0 Å². The summed E-state index contributed by atoms with van der Waals surface area (Å²) < 4.78 is 15.0. The maximum Gasteiger partial charge on any atom is 0.338 e. The van der Waals surface area contributed by atoms with Crippen LogP contribution < -0.4 is 0 Å². The van der Waals surface area contributed by atoms with Crippen LogP contribution in [0.4, 0.5) is 0 Å². The Morgan fingerprint density at radius 1 is 0.864 bits per heavy atom. The highest BCUT2D eigenvalue weighted by Crippen LogP contribution is 2.16. The third kappa shape index (κ3) is 4.86. The maximum absolute atomic E-state index is 11.9. The number of fused-ring (bicyclic) bond motifs is 1. The van der Waals surface area contributed by atoms with E-state index in [1.807, 2.05) is 30.3 Å². The van der Waals surface area contributed by atoms with Crippen molar-refractivity contribution >= 4 is 22.7 Å². The van der Waals surface area contributed by atoms with Crippen molar-refractivity contribution in [3.8, 4) is 0 Å². The van der Waals surface area contributed by atoms with Crippen LogP contribution >= 0.6 is 0 Å². The van der Waals surface area contributed by atoms with Gasteiger partial charge in [-0.1, -0.05) is 30.3 Å². The van der Waals surface area contributed by atoms with Gasteiger partial charge in [0, 0.05) is 6.92 Å². The van der Waals surface area contributed by atoms with E-state index in [2.05, 4.69) is 0 Å². The molecule has 0 spiro atoms. The van der Waals surface area contributed by atoms with E-state index in [1.54, 1.807) is 12.1 Å². The molecule has 0 aliphatic rings. The van der Waals surface area contributed by atoms with Crippen molar-refractivity contribution in [1.82, 2.24) is 0 Å². The molecule has 22 heavy (non-hydrogen) atoms. The van der Waals surface area contributed by atoms with Gasteiger partial charge in [0.25, 0.3) is 0 Å². The first kappa shape index (κ1) is 16.0. The number of hydrogen-bond acceptors (Lipinski definition) is 5. The molecule has 0 aromatic heterocycles. The summed E-state index contributed by atoms with van der Waals surface area (Å²) in [6.07, 6.45) is 0. The minimum atomic E-state index is -0.380. The number of carbonyl (C=O) groups excluding carboxylic acids is 2. The predicted octanol–water partition coefficient (Wildman–Crippen LogP) is 2.58. The summed E-state index contributed by atoms with van der Waals surface area (Å²) in [5.41, 5.74) is 0.513. The van der Waals surface area contributed by atoms with E-state index in [9.17, 15) is 9.59 Å². The third-order valence-corrected chi connectivity index (χ3v) is 2.98. The van der Waals surface area contributed by atoms with Crippen LogP contribution in [0.25, 0.3) is 10.8 Å². The van der Waals surface area contributed by atoms with Crippen molar-refractivity contribution in [2.75, 3.05) is 26.4 Å². The summed E-state index contributed by atoms with van der Waals surface area (Å²) in [4.78, 5) is 22.4. The van der Waals surface area contributed by atoms with E-state index in [1.165, 1.54) is 6.92 Å². The van der Waals surface area contributed by atoms with Crippen LogP contribution in [0.3, 0.4) is 0 Å². The van der Waals surface area contributed by atoms with Gasteiger partial charge < -0.3 is 14.2 Å². The topological polar surface area (TPSA) is 61.8 Å². The molecule has 2 aromatic carbocycles. The van der Waals surface area contributed by atoms with Crippen molar-refractivity contribution in [3.63, 3.8) is 0 Å². The first-order chi connectivity index (χ1) is 10.7. The Morgan fingerprint density at radius 3 is 2.27 bits per heavy atom. The van der Waals surface area contributed by atoms with E-state index in [4.69, 9.17) is 14.2 Å². The van der Waals surface area contributed by atoms with E-state index in [-0.39, 0.29) is 38.4 Å². The van der Waals surface area contributed by atoms with Crippen molar-refractivity contribution in [2.24, 2.45) is 0 Å². The van der Waals surface area contributed by atoms with Gasteiger partial charge in [0.1, 0.15) is 13.2 Å². The van der Waals surface area contributed by atoms with E-state index >= 15 is 0 Å². The van der Waals surface area contributed by atoms with Crippen molar-refractivity contribution in [2.45, 2.75) is 6.92 Å². The zero-order valence-corrected chi connectivity index (χ0v) is 12.4. The molecule has 0 aliphatic carbocycles. The monoisotopic (exact) mass is 302 g/mol. The van der Waals surface area contributed by atoms with Gasteiger partial charge in [0.05, 0.1) is 18.8 Å². The molecule has 5 nitrogen and oxygen atoms in total. The number of esters is 2. The summed E-state index contributed by atoms with van der Waals surface area (Å²) >= 11 is 0. The predicted molar refractivity (Wildman–Crippen MR) is 81.7 cm³/mol. The summed E-state index contributed by atoms with van der Waals surface area (Å²) in [5.74, 6) is -0.722. The molecular weight excluding hydrogens is 284 g/mol. The Bertz CT molecular complexity index is 650. The van der Waals surface area contributed by atoms with Crippen LogP contribution in [0.2, 0.25) is 0 Å². The summed E-state index contributed by atoms with van der Waals surface area (Å²) in [6.45, 7) is 2.25. The smallest absolute Gasteiger partial charge is 0.338 e. The number of rotatable bonds is 7. The van der Waals surface area contributed by atoms with Crippen LogP contribution in [-0.4, -0.2) is 38.4 Å². The number of ether oxygens (including phenoxy) is 3. The SMILES string of the molecule is CC(=O)OCCOCCOC(=O)c1ccc2ccccc2c1. The molecule has 0 aliphatic heterocycles. The van der Waals surface area contributed by atoms with Crippen LogP contribution in [-0.2, 0) is 19.0 Å². The number of carbonyl (C=O) groups is 2. The van der Waals surface area contributed by atoms with E-state index in [0.717, 1.165) is 10.8 Å². The number of benzene rings is 2. The maximum atomic E-state index is 11.9. The molecule has 0 radical (unpaired) electrons. The van der Waals surface area contributed by atoms with Gasteiger partial charge in [-0.25, -0.2) is 4.79 Å². The molecule has 2 rings (SSSR count). The Hall–Kier alpha value is -2.40.